The molecule has 0 unspecified atom stereocenters. The Kier molecular flexibility index (Phi) is 8.75. The van der Waals surface area contributed by atoms with Crippen LogP contribution in [0.3, 0.4) is 0 Å². The largest absolute Gasteiger partial charge is 0.456 e. The van der Waals surface area contributed by atoms with E-state index in [1.165, 1.54) is 11.1 Å². The Hall–Kier alpha value is -8.15. The summed E-state index contributed by atoms with van der Waals surface area (Å²) in [7, 11) is 0. The van der Waals surface area contributed by atoms with Crippen molar-refractivity contribution in [3.05, 3.63) is 218 Å². The highest BCUT2D eigenvalue weighted by Gasteiger charge is 2.23. The first-order valence-electron chi connectivity index (χ1n) is 20.1. The fourth-order valence-electron chi connectivity index (χ4n) is 8.11. The Morgan fingerprint density at radius 1 is 0.317 bits per heavy atom. The summed E-state index contributed by atoms with van der Waals surface area (Å²) in [4.78, 5) is 17.8. The maximum atomic E-state index is 6.71. The van der Waals surface area contributed by atoms with Crippen LogP contribution in [0.2, 0.25) is 0 Å². The van der Waals surface area contributed by atoms with E-state index < -0.39 is 0 Å². The molecule has 0 radical (unpaired) electrons. The average molecular weight is 769 g/mol. The highest BCUT2D eigenvalue weighted by molar-refractivity contribution is 6.14. The third-order valence-electron chi connectivity index (χ3n) is 11.1. The smallest absolute Gasteiger partial charge is 0.164 e. The molecule has 2 heterocycles. The summed E-state index contributed by atoms with van der Waals surface area (Å²) < 4.78 is 6.71. The molecule has 0 aliphatic carbocycles. The molecule has 0 saturated carbocycles. The van der Waals surface area contributed by atoms with Gasteiger partial charge in [0.05, 0.1) is 11.1 Å². The zero-order valence-electron chi connectivity index (χ0n) is 32.5. The van der Waals surface area contributed by atoms with Crippen molar-refractivity contribution in [1.29, 1.82) is 0 Å². The van der Waals surface area contributed by atoms with E-state index in [-0.39, 0.29) is 0 Å². The van der Waals surface area contributed by atoms with Gasteiger partial charge in [0.15, 0.2) is 17.5 Å². The molecule has 0 fully saturated rings. The average Bonchev–Trinajstić information content (AvgIpc) is 3.71. The summed E-state index contributed by atoms with van der Waals surface area (Å²) in [6, 6.07) is 75.9. The number of para-hydroxylation sites is 1. The lowest BCUT2D eigenvalue weighted by atomic mass is 10.0. The van der Waals surface area contributed by atoms with Crippen molar-refractivity contribution in [3.63, 3.8) is 0 Å². The van der Waals surface area contributed by atoms with E-state index >= 15 is 0 Å². The summed E-state index contributed by atoms with van der Waals surface area (Å²) in [5, 5.41) is 4.31. The van der Waals surface area contributed by atoms with Gasteiger partial charge in [0.1, 0.15) is 11.2 Å². The molecule has 0 amide bonds. The second-order valence-electron chi connectivity index (χ2n) is 14.9. The molecule has 0 N–H and O–H groups in total. The van der Waals surface area contributed by atoms with Crippen LogP contribution in [-0.2, 0) is 0 Å². The number of hydrogen-bond acceptors (Lipinski definition) is 5. The summed E-state index contributed by atoms with van der Waals surface area (Å²) in [5.74, 6) is 1.75. The maximum absolute atomic E-state index is 6.71. The van der Waals surface area contributed by atoms with Crippen LogP contribution < -0.4 is 4.90 Å². The van der Waals surface area contributed by atoms with Crippen LogP contribution in [0.15, 0.2) is 223 Å². The number of hydrogen-bond donors (Lipinski definition) is 0. The Balaban J connectivity index is 1.15. The molecule has 0 bridgehead atoms. The molecule has 60 heavy (non-hydrogen) atoms. The first-order chi connectivity index (χ1) is 29.7. The number of rotatable bonds is 8. The fraction of sp³-hybridized carbons (Fsp3) is 0. The number of aromatic nitrogens is 3. The molecule has 0 aliphatic rings. The Labute approximate surface area is 347 Å². The van der Waals surface area contributed by atoms with Crippen molar-refractivity contribution in [2.45, 2.75) is 0 Å². The minimum absolute atomic E-state index is 0.550. The van der Waals surface area contributed by atoms with Gasteiger partial charge < -0.3 is 9.32 Å². The normalized spacial score (nSPS) is 11.3. The monoisotopic (exact) mass is 768 g/mol. The molecule has 11 rings (SSSR count). The summed E-state index contributed by atoms with van der Waals surface area (Å²) in [6.45, 7) is 0. The molecular weight excluding hydrogens is 733 g/mol. The predicted octanol–water partition coefficient (Wildman–Crippen LogP) is 14.7. The Morgan fingerprint density at radius 3 is 1.40 bits per heavy atom. The number of furan rings is 1. The van der Waals surface area contributed by atoms with Crippen molar-refractivity contribution < 1.29 is 4.42 Å². The summed E-state index contributed by atoms with van der Waals surface area (Å²) in [5.41, 5.74) is 11.8. The molecule has 11 aromatic rings. The van der Waals surface area contributed by atoms with Gasteiger partial charge in [-0.05, 0) is 81.6 Å². The third-order valence-corrected chi connectivity index (χ3v) is 11.1. The molecule has 0 aliphatic heterocycles. The molecular formula is C55H36N4O. The Bertz CT molecular complexity index is 3210. The van der Waals surface area contributed by atoms with Gasteiger partial charge in [0.25, 0.3) is 0 Å². The van der Waals surface area contributed by atoms with Gasteiger partial charge >= 0.3 is 0 Å². The van der Waals surface area contributed by atoms with Crippen LogP contribution >= 0.6 is 0 Å². The fourth-order valence-corrected chi connectivity index (χ4v) is 8.11. The van der Waals surface area contributed by atoms with Gasteiger partial charge in [-0.15, -0.1) is 0 Å². The van der Waals surface area contributed by atoms with Gasteiger partial charge in [0.2, 0.25) is 0 Å². The standard InChI is InChI=1S/C55H36N4O/c1-4-14-37(15-5-1)40-26-30-46(31-27-40)59(47-32-28-41(29-33-47)38-16-6-2-7-17-38)49-35-45(36-51-52(49)48-22-12-13-23-50(48)60-51)55-57-53(42-19-8-3-9-20-42)56-54(58-55)44-25-24-39-18-10-11-21-43(39)34-44/h1-36H. The molecule has 2 aromatic heterocycles. The Morgan fingerprint density at radius 2 is 0.783 bits per heavy atom. The SMILES string of the molecule is c1ccc(-c2ccc(N(c3ccc(-c4ccccc4)cc3)c3cc(-c4nc(-c5ccccc5)nc(-c5ccc6ccccc6c5)n4)cc4oc5ccccc5c34)cc2)cc1. The van der Waals surface area contributed by atoms with Gasteiger partial charge in [-0.1, -0.05) is 170 Å². The van der Waals surface area contributed by atoms with Crippen molar-refractivity contribution in [2.75, 3.05) is 4.90 Å². The summed E-state index contributed by atoms with van der Waals surface area (Å²) in [6.07, 6.45) is 0. The van der Waals surface area contributed by atoms with Crippen LogP contribution in [0.5, 0.6) is 0 Å². The van der Waals surface area contributed by atoms with Gasteiger partial charge in [-0.3, -0.25) is 0 Å². The van der Waals surface area contributed by atoms with E-state index in [0.29, 0.717) is 17.5 Å². The van der Waals surface area contributed by atoms with Crippen LogP contribution in [-0.4, -0.2) is 15.0 Å². The van der Waals surface area contributed by atoms with Crippen molar-refractivity contribution in [1.82, 2.24) is 15.0 Å². The minimum Gasteiger partial charge on any atom is -0.456 e. The number of fused-ring (bicyclic) bond motifs is 4. The van der Waals surface area contributed by atoms with Crippen LogP contribution in [0, 0.1) is 0 Å². The van der Waals surface area contributed by atoms with Gasteiger partial charge in [-0.25, -0.2) is 15.0 Å². The molecule has 5 nitrogen and oxygen atoms in total. The van der Waals surface area contributed by atoms with Gasteiger partial charge in [-0.2, -0.15) is 0 Å². The molecule has 0 atom stereocenters. The first kappa shape index (κ1) is 35.0. The van der Waals surface area contributed by atoms with E-state index in [1.54, 1.807) is 0 Å². The zero-order valence-corrected chi connectivity index (χ0v) is 32.5. The number of benzene rings is 9. The zero-order chi connectivity index (χ0) is 39.8. The second kappa shape index (κ2) is 15.0. The van der Waals surface area contributed by atoms with E-state index in [2.05, 4.69) is 169 Å². The molecule has 0 spiro atoms. The lowest BCUT2D eigenvalue weighted by Crippen LogP contribution is -2.11. The quantitative estimate of drug-likeness (QED) is 0.154. The number of anilines is 3. The topological polar surface area (TPSA) is 55.1 Å². The van der Waals surface area contributed by atoms with E-state index in [4.69, 9.17) is 19.4 Å². The van der Waals surface area contributed by atoms with Crippen molar-refractivity contribution in [3.8, 4) is 56.4 Å². The molecule has 0 saturated heterocycles. The van der Waals surface area contributed by atoms with Crippen molar-refractivity contribution in [2.24, 2.45) is 0 Å². The van der Waals surface area contributed by atoms with E-state index in [0.717, 1.165) is 77.6 Å². The first-order valence-corrected chi connectivity index (χ1v) is 20.1. The van der Waals surface area contributed by atoms with Crippen LogP contribution in [0.4, 0.5) is 17.1 Å². The summed E-state index contributed by atoms with van der Waals surface area (Å²) >= 11 is 0. The van der Waals surface area contributed by atoms with Crippen LogP contribution in [0.25, 0.3) is 89.1 Å². The third kappa shape index (κ3) is 6.54. The van der Waals surface area contributed by atoms with Gasteiger partial charge in [0, 0.05) is 33.5 Å². The highest BCUT2D eigenvalue weighted by Crippen LogP contribution is 2.46. The lowest BCUT2D eigenvalue weighted by molar-refractivity contribution is 0.669. The van der Waals surface area contributed by atoms with Crippen molar-refractivity contribution >= 4 is 49.8 Å². The van der Waals surface area contributed by atoms with E-state index in [9.17, 15) is 0 Å². The lowest BCUT2D eigenvalue weighted by Gasteiger charge is -2.27. The molecule has 5 heteroatoms. The van der Waals surface area contributed by atoms with Crippen LogP contribution in [0.1, 0.15) is 0 Å². The maximum Gasteiger partial charge on any atom is 0.164 e. The number of nitrogens with zero attached hydrogens (tertiary/aromatic N) is 4. The second-order valence-corrected chi connectivity index (χ2v) is 14.9. The minimum atomic E-state index is 0.550. The molecule has 282 valence electrons. The molecule has 9 aromatic carbocycles. The van der Waals surface area contributed by atoms with E-state index in [1.807, 2.05) is 54.6 Å². The highest BCUT2D eigenvalue weighted by atomic mass is 16.3. The predicted molar refractivity (Wildman–Crippen MR) is 246 cm³/mol.